The van der Waals surface area contributed by atoms with Crippen molar-refractivity contribution in [3.8, 4) is 0 Å². The summed E-state index contributed by atoms with van der Waals surface area (Å²) in [6.45, 7) is 1.62. The lowest BCUT2D eigenvalue weighted by molar-refractivity contribution is -0.162. The average molecular weight is 397 g/mol. The number of carbonyl (C=O) groups excluding carboxylic acids is 1. The molecule has 0 spiro atoms. The maximum atomic E-state index is 12.1. The van der Waals surface area contributed by atoms with Crippen molar-refractivity contribution in [2.75, 3.05) is 20.3 Å². The molecule has 0 aromatic carbocycles. The summed E-state index contributed by atoms with van der Waals surface area (Å²) in [7, 11) is 1.44. The monoisotopic (exact) mass is 396 g/mol. The number of esters is 1. The van der Waals surface area contributed by atoms with Gasteiger partial charge in [0, 0.05) is 19.6 Å². The van der Waals surface area contributed by atoms with Gasteiger partial charge >= 0.3 is 5.97 Å². The molecule has 0 aromatic heterocycles. The molecule has 28 heavy (non-hydrogen) atoms. The molecule has 6 atom stereocenters. The summed E-state index contributed by atoms with van der Waals surface area (Å²) in [5.41, 5.74) is 0. The number of methoxy groups -OCH3 is 1. The van der Waals surface area contributed by atoms with Crippen molar-refractivity contribution in [3.05, 3.63) is 12.2 Å². The minimum absolute atomic E-state index is 0.0211. The molecule has 0 bridgehead atoms. The van der Waals surface area contributed by atoms with E-state index in [-0.39, 0.29) is 36.1 Å². The highest BCUT2D eigenvalue weighted by Gasteiger charge is 2.50. The second-order valence-corrected chi connectivity index (χ2v) is 8.27. The molecular weight excluding hydrogens is 360 g/mol. The standard InChI is InChI=1S/C22H36O6/c1-25-22(24)18-14-19-17(15-20(23)28-19)16(18)10-6-4-2-3-5-8-12-26-21-11-7-9-13-27-21/h6,10,16-21,23H,2-5,7-9,11-15H2,1H3/t16-,17+,18-,19+,20?,21?/m0/s1. The van der Waals surface area contributed by atoms with Crippen LogP contribution in [0.15, 0.2) is 12.2 Å². The summed E-state index contributed by atoms with van der Waals surface area (Å²) in [5, 5.41) is 9.75. The second kappa shape index (κ2) is 11.3. The molecule has 2 heterocycles. The van der Waals surface area contributed by atoms with E-state index >= 15 is 0 Å². The number of aliphatic hydroxyl groups is 1. The molecule has 1 N–H and O–H groups in total. The maximum absolute atomic E-state index is 12.1. The minimum atomic E-state index is -0.689. The van der Waals surface area contributed by atoms with E-state index in [0.29, 0.717) is 12.8 Å². The minimum Gasteiger partial charge on any atom is -0.469 e. The molecule has 6 nitrogen and oxygen atoms in total. The fraction of sp³-hybridized carbons (Fsp3) is 0.864. The number of hydrogen-bond acceptors (Lipinski definition) is 6. The van der Waals surface area contributed by atoms with Crippen LogP contribution in [0.25, 0.3) is 0 Å². The summed E-state index contributed by atoms with van der Waals surface area (Å²) in [4.78, 5) is 12.1. The third-order valence-corrected chi connectivity index (χ3v) is 6.30. The van der Waals surface area contributed by atoms with Gasteiger partial charge in [0.25, 0.3) is 0 Å². The lowest BCUT2D eigenvalue weighted by Gasteiger charge is -2.22. The molecule has 1 saturated carbocycles. The quantitative estimate of drug-likeness (QED) is 0.346. The third kappa shape index (κ3) is 6.02. The van der Waals surface area contributed by atoms with Crippen molar-refractivity contribution < 1.29 is 28.8 Å². The molecule has 6 heteroatoms. The molecule has 0 aromatic rings. The van der Waals surface area contributed by atoms with Crippen LogP contribution in [0.4, 0.5) is 0 Å². The van der Waals surface area contributed by atoms with E-state index in [0.717, 1.165) is 45.3 Å². The maximum Gasteiger partial charge on any atom is 0.309 e. The van der Waals surface area contributed by atoms with Crippen molar-refractivity contribution in [2.45, 2.75) is 82.9 Å². The topological polar surface area (TPSA) is 74.2 Å². The molecule has 3 aliphatic rings. The second-order valence-electron chi connectivity index (χ2n) is 8.27. The SMILES string of the molecule is COC(=O)[C@H]1C[C@H]2OC(O)C[C@@H]2[C@@H]1C=CCCCCCCOC1CCCCO1. The number of hydrogen-bond donors (Lipinski definition) is 1. The van der Waals surface area contributed by atoms with Crippen LogP contribution in [0.1, 0.15) is 64.2 Å². The highest BCUT2D eigenvalue weighted by molar-refractivity contribution is 5.73. The largest absolute Gasteiger partial charge is 0.469 e. The summed E-state index contributed by atoms with van der Waals surface area (Å²) in [6, 6.07) is 0. The molecule has 3 rings (SSSR count). The Bertz CT molecular complexity index is 501. The van der Waals surface area contributed by atoms with Gasteiger partial charge in [0.05, 0.1) is 19.1 Å². The van der Waals surface area contributed by atoms with Gasteiger partial charge in [0.15, 0.2) is 12.6 Å². The zero-order valence-electron chi connectivity index (χ0n) is 17.1. The Labute approximate surface area is 168 Å². The van der Waals surface area contributed by atoms with Gasteiger partial charge in [0.1, 0.15) is 0 Å². The highest BCUT2D eigenvalue weighted by Crippen LogP contribution is 2.47. The van der Waals surface area contributed by atoms with Gasteiger partial charge in [-0.25, -0.2) is 0 Å². The Morgan fingerprint density at radius 3 is 2.82 bits per heavy atom. The van der Waals surface area contributed by atoms with Crippen LogP contribution in [-0.2, 0) is 23.7 Å². The molecule has 2 unspecified atom stereocenters. The van der Waals surface area contributed by atoms with E-state index in [1.54, 1.807) is 0 Å². The Hall–Kier alpha value is -0.950. The van der Waals surface area contributed by atoms with Crippen molar-refractivity contribution in [3.63, 3.8) is 0 Å². The lowest BCUT2D eigenvalue weighted by Crippen LogP contribution is -2.23. The molecule has 1 aliphatic carbocycles. The highest BCUT2D eigenvalue weighted by atomic mass is 16.7. The molecule has 0 radical (unpaired) electrons. The van der Waals surface area contributed by atoms with Crippen LogP contribution in [0.5, 0.6) is 0 Å². The van der Waals surface area contributed by atoms with E-state index in [1.807, 2.05) is 0 Å². The van der Waals surface area contributed by atoms with Gasteiger partial charge < -0.3 is 24.1 Å². The molecule has 2 saturated heterocycles. The van der Waals surface area contributed by atoms with Crippen LogP contribution in [0.2, 0.25) is 0 Å². The van der Waals surface area contributed by atoms with E-state index in [1.165, 1.54) is 26.4 Å². The van der Waals surface area contributed by atoms with E-state index < -0.39 is 6.29 Å². The third-order valence-electron chi connectivity index (χ3n) is 6.30. The number of aliphatic hydroxyl groups excluding tert-OH is 1. The molecule has 2 aliphatic heterocycles. The first-order chi connectivity index (χ1) is 13.7. The van der Waals surface area contributed by atoms with Gasteiger partial charge in [0.2, 0.25) is 0 Å². The van der Waals surface area contributed by atoms with Gasteiger partial charge in [-0.1, -0.05) is 25.0 Å². The summed E-state index contributed by atoms with van der Waals surface area (Å²) in [6.07, 6.45) is 13.9. The summed E-state index contributed by atoms with van der Waals surface area (Å²) < 4.78 is 21.9. The molecule has 160 valence electrons. The van der Waals surface area contributed by atoms with E-state index in [9.17, 15) is 9.90 Å². The zero-order chi connectivity index (χ0) is 19.8. The van der Waals surface area contributed by atoms with Crippen LogP contribution >= 0.6 is 0 Å². The fourth-order valence-electron chi connectivity index (χ4n) is 4.79. The lowest BCUT2D eigenvalue weighted by atomic mass is 9.87. The van der Waals surface area contributed by atoms with Gasteiger partial charge in [-0.2, -0.15) is 0 Å². The first-order valence-electron chi connectivity index (χ1n) is 11.0. The molecule has 0 amide bonds. The van der Waals surface area contributed by atoms with Crippen LogP contribution < -0.4 is 0 Å². The summed E-state index contributed by atoms with van der Waals surface area (Å²) >= 11 is 0. The fourth-order valence-corrected chi connectivity index (χ4v) is 4.79. The normalized spacial score (nSPS) is 35.4. The van der Waals surface area contributed by atoms with Gasteiger partial charge in [-0.15, -0.1) is 0 Å². The van der Waals surface area contributed by atoms with Crippen LogP contribution in [-0.4, -0.2) is 50.1 Å². The van der Waals surface area contributed by atoms with Crippen LogP contribution in [0.3, 0.4) is 0 Å². The van der Waals surface area contributed by atoms with Crippen molar-refractivity contribution in [1.82, 2.24) is 0 Å². The first kappa shape index (κ1) is 21.8. The van der Waals surface area contributed by atoms with Crippen molar-refractivity contribution in [2.24, 2.45) is 17.8 Å². The number of carbonyl (C=O) groups is 1. The van der Waals surface area contributed by atoms with Crippen molar-refractivity contribution in [1.29, 1.82) is 0 Å². The predicted molar refractivity (Wildman–Crippen MR) is 104 cm³/mol. The Balaban J connectivity index is 1.30. The Kier molecular flexibility index (Phi) is 8.77. The number of fused-ring (bicyclic) bond motifs is 1. The number of unbranched alkanes of at least 4 members (excludes halogenated alkanes) is 4. The van der Waals surface area contributed by atoms with E-state index in [4.69, 9.17) is 18.9 Å². The Morgan fingerprint density at radius 2 is 2.04 bits per heavy atom. The smallest absolute Gasteiger partial charge is 0.309 e. The first-order valence-corrected chi connectivity index (χ1v) is 11.0. The summed E-state index contributed by atoms with van der Waals surface area (Å²) in [5.74, 6) is 0.0139. The van der Waals surface area contributed by atoms with Crippen LogP contribution in [0, 0.1) is 17.8 Å². The average Bonchev–Trinajstić information content (AvgIpc) is 3.23. The zero-order valence-corrected chi connectivity index (χ0v) is 17.1. The van der Waals surface area contributed by atoms with E-state index in [2.05, 4.69) is 12.2 Å². The number of ether oxygens (including phenoxy) is 4. The van der Waals surface area contributed by atoms with Gasteiger partial charge in [-0.3, -0.25) is 4.79 Å². The predicted octanol–water partition coefficient (Wildman–Crippen LogP) is 3.57. The number of allylic oxidation sites excluding steroid dienone is 2. The number of rotatable bonds is 10. The Morgan fingerprint density at radius 1 is 1.18 bits per heavy atom. The molecular formula is C22H36O6. The van der Waals surface area contributed by atoms with Gasteiger partial charge in [-0.05, 0) is 56.8 Å². The van der Waals surface area contributed by atoms with Crippen molar-refractivity contribution >= 4 is 5.97 Å². The molecule has 3 fully saturated rings.